The lowest BCUT2D eigenvalue weighted by molar-refractivity contribution is -0.137. The van der Waals surface area contributed by atoms with Crippen LogP contribution in [0.2, 0.25) is 0 Å². The second-order valence-corrected chi connectivity index (χ2v) is 5.07. The third-order valence-corrected chi connectivity index (χ3v) is 3.59. The first-order chi connectivity index (χ1) is 9.52. The summed E-state index contributed by atoms with van der Waals surface area (Å²) >= 11 is 0. The molecular weight excluding hydrogens is 261 g/mol. The van der Waals surface area contributed by atoms with Crippen molar-refractivity contribution in [3.63, 3.8) is 0 Å². The van der Waals surface area contributed by atoms with Crippen LogP contribution in [0.5, 0.6) is 5.75 Å². The van der Waals surface area contributed by atoms with Gasteiger partial charge >= 0.3 is 0 Å². The maximum atomic E-state index is 13.3. The minimum Gasteiger partial charge on any atom is -0.496 e. The summed E-state index contributed by atoms with van der Waals surface area (Å²) in [6.45, 7) is 2.41. The fourth-order valence-electron chi connectivity index (χ4n) is 2.45. The van der Waals surface area contributed by atoms with Crippen molar-refractivity contribution in [1.82, 2.24) is 4.90 Å². The Balaban J connectivity index is 2.16. The standard InChI is InChI=1S/C15H18FNO3/c1-10-4-3-7-17(15(10)19)9-13(18)12-8-11(16)5-6-14(12)20-2/h5-6,8,10H,3-4,7,9H2,1-2H3. The van der Waals surface area contributed by atoms with Crippen LogP contribution in [0.3, 0.4) is 0 Å². The Morgan fingerprint density at radius 3 is 2.95 bits per heavy atom. The minimum atomic E-state index is -0.493. The average molecular weight is 279 g/mol. The van der Waals surface area contributed by atoms with E-state index in [0.29, 0.717) is 12.3 Å². The van der Waals surface area contributed by atoms with Crippen LogP contribution in [0.4, 0.5) is 4.39 Å². The molecule has 108 valence electrons. The molecule has 2 rings (SSSR count). The fourth-order valence-corrected chi connectivity index (χ4v) is 2.45. The average Bonchev–Trinajstić information content (AvgIpc) is 2.43. The van der Waals surface area contributed by atoms with E-state index in [1.165, 1.54) is 19.2 Å². The van der Waals surface area contributed by atoms with E-state index in [1.807, 2.05) is 6.92 Å². The van der Waals surface area contributed by atoms with E-state index >= 15 is 0 Å². The van der Waals surface area contributed by atoms with E-state index in [0.717, 1.165) is 18.9 Å². The molecule has 0 saturated carbocycles. The van der Waals surface area contributed by atoms with Crippen molar-refractivity contribution in [2.24, 2.45) is 5.92 Å². The van der Waals surface area contributed by atoms with Crippen LogP contribution in [0.1, 0.15) is 30.1 Å². The van der Waals surface area contributed by atoms with Crippen molar-refractivity contribution in [1.29, 1.82) is 0 Å². The van der Waals surface area contributed by atoms with Crippen molar-refractivity contribution in [3.8, 4) is 5.75 Å². The summed E-state index contributed by atoms with van der Waals surface area (Å²) in [5.74, 6) is -0.531. The van der Waals surface area contributed by atoms with Crippen LogP contribution in [0.25, 0.3) is 0 Å². The highest BCUT2D eigenvalue weighted by Crippen LogP contribution is 2.22. The Morgan fingerprint density at radius 1 is 1.50 bits per heavy atom. The number of likely N-dealkylation sites (tertiary alicyclic amines) is 1. The van der Waals surface area contributed by atoms with Crippen LogP contribution in [0, 0.1) is 11.7 Å². The molecule has 0 aliphatic carbocycles. The number of nitrogens with zero attached hydrogens (tertiary/aromatic N) is 1. The number of ketones is 1. The van der Waals surface area contributed by atoms with Gasteiger partial charge < -0.3 is 9.64 Å². The second-order valence-electron chi connectivity index (χ2n) is 5.07. The summed E-state index contributed by atoms with van der Waals surface area (Å²) in [5, 5.41) is 0. The molecule has 0 spiro atoms. The first kappa shape index (κ1) is 14.5. The van der Waals surface area contributed by atoms with Gasteiger partial charge in [-0.2, -0.15) is 0 Å². The molecule has 1 aromatic carbocycles. The van der Waals surface area contributed by atoms with Crippen LogP contribution in [-0.4, -0.2) is 36.8 Å². The number of Topliss-reactive ketones (excluding diaryl/α,β-unsaturated/α-hetero) is 1. The summed E-state index contributed by atoms with van der Waals surface area (Å²) in [4.78, 5) is 25.8. The molecule has 1 atom stereocenters. The number of carbonyl (C=O) groups excluding carboxylic acids is 2. The molecule has 1 aliphatic rings. The third kappa shape index (κ3) is 2.98. The second kappa shape index (κ2) is 6.03. The highest BCUT2D eigenvalue weighted by atomic mass is 19.1. The predicted octanol–water partition coefficient (Wildman–Crippen LogP) is 2.28. The third-order valence-electron chi connectivity index (χ3n) is 3.59. The van der Waals surface area contributed by atoms with E-state index < -0.39 is 5.82 Å². The number of methoxy groups -OCH3 is 1. The summed E-state index contributed by atoms with van der Waals surface area (Å²) in [6.07, 6.45) is 1.74. The van der Waals surface area contributed by atoms with Gasteiger partial charge in [-0.1, -0.05) is 6.92 Å². The molecule has 0 radical (unpaired) electrons. The van der Waals surface area contributed by atoms with E-state index in [9.17, 15) is 14.0 Å². The van der Waals surface area contributed by atoms with Crippen LogP contribution in [0.15, 0.2) is 18.2 Å². The number of halogens is 1. The molecule has 1 aromatic rings. The number of piperidine rings is 1. The van der Waals surface area contributed by atoms with Crippen LogP contribution >= 0.6 is 0 Å². The minimum absolute atomic E-state index is 0.0139. The van der Waals surface area contributed by atoms with Gasteiger partial charge in [-0.3, -0.25) is 9.59 Å². The highest BCUT2D eigenvalue weighted by Gasteiger charge is 2.27. The normalized spacial score (nSPS) is 19.1. The Morgan fingerprint density at radius 2 is 2.25 bits per heavy atom. The molecule has 1 heterocycles. The zero-order chi connectivity index (χ0) is 14.7. The van der Waals surface area contributed by atoms with E-state index in [-0.39, 0.29) is 29.7 Å². The lowest BCUT2D eigenvalue weighted by atomic mass is 9.98. The number of rotatable bonds is 4. The largest absolute Gasteiger partial charge is 0.496 e. The summed E-state index contributed by atoms with van der Waals surface area (Å²) in [5.41, 5.74) is 0.179. The van der Waals surface area contributed by atoms with Crippen molar-refractivity contribution < 1.29 is 18.7 Å². The Hall–Kier alpha value is -1.91. The number of carbonyl (C=O) groups is 2. The van der Waals surface area contributed by atoms with Gasteiger partial charge in [0.25, 0.3) is 0 Å². The van der Waals surface area contributed by atoms with Gasteiger partial charge in [-0.15, -0.1) is 0 Å². The molecule has 4 nitrogen and oxygen atoms in total. The molecule has 1 saturated heterocycles. The zero-order valence-corrected chi connectivity index (χ0v) is 11.7. The lowest BCUT2D eigenvalue weighted by Crippen LogP contribution is -2.43. The highest BCUT2D eigenvalue weighted by molar-refractivity contribution is 6.01. The van der Waals surface area contributed by atoms with Crippen molar-refractivity contribution in [2.45, 2.75) is 19.8 Å². The number of hydrogen-bond donors (Lipinski definition) is 0. The molecule has 1 aliphatic heterocycles. The maximum absolute atomic E-state index is 13.3. The Bertz CT molecular complexity index is 530. The lowest BCUT2D eigenvalue weighted by Gasteiger charge is -2.30. The van der Waals surface area contributed by atoms with E-state index in [4.69, 9.17) is 4.74 Å². The fraction of sp³-hybridized carbons (Fsp3) is 0.467. The van der Waals surface area contributed by atoms with Gasteiger partial charge in [-0.25, -0.2) is 4.39 Å². The predicted molar refractivity (Wildman–Crippen MR) is 72.3 cm³/mol. The van der Waals surface area contributed by atoms with Gasteiger partial charge in [-0.05, 0) is 31.0 Å². The van der Waals surface area contributed by atoms with Gasteiger partial charge in [0.1, 0.15) is 11.6 Å². The number of benzene rings is 1. The molecule has 20 heavy (non-hydrogen) atoms. The molecule has 1 amide bonds. The Labute approximate surface area is 117 Å². The van der Waals surface area contributed by atoms with Crippen molar-refractivity contribution in [2.75, 3.05) is 20.2 Å². The topological polar surface area (TPSA) is 46.6 Å². The maximum Gasteiger partial charge on any atom is 0.225 e. The van der Waals surface area contributed by atoms with Crippen molar-refractivity contribution in [3.05, 3.63) is 29.6 Å². The van der Waals surface area contributed by atoms with Crippen LogP contribution in [-0.2, 0) is 4.79 Å². The SMILES string of the molecule is COc1ccc(F)cc1C(=O)CN1CCCC(C)C1=O. The van der Waals surface area contributed by atoms with Gasteiger partial charge in [0.15, 0.2) is 5.78 Å². The van der Waals surface area contributed by atoms with Gasteiger partial charge in [0, 0.05) is 12.5 Å². The van der Waals surface area contributed by atoms with Crippen molar-refractivity contribution >= 4 is 11.7 Å². The first-order valence-electron chi connectivity index (χ1n) is 6.68. The van der Waals surface area contributed by atoms with Gasteiger partial charge in [0.2, 0.25) is 5.91 Å². The number of hydrogen-bond acceptors (Lipinski definition) is 3. The molecule has 0 N–H and O–H groups in total. The zero-order valence-electron chi connectivity index (χ0n) is 11.7. The summed E-state index contributed by atoms with van der Waals surface area (Å²) in [7, 11) is 1.43. The molecule has 0 aromatic heterocycles. The molecule has 0 bridgehead atoms. The van der Waals surface area contributed by atoms with Gasteiger partial charge in [0.05, 0.1) is 19.2 Å². The van der Waals surface area contributed by atoms with Crippen LogP contribution < -0.4 is 4.74 Å². The Kier molecular flexibility index (Phi) is 4.37. The van der Waals surface area contributed by atoms with E-state index in [2.05, 4.69) is 0 Å². The van der Waals surface area contributed by atoms with E-state index in [1.54, 1.807) is 4.90 Å². The number of ether oxygens (including phenoxy) is 1. The summed E-state index contributed by atoms with van der Waals surface area (Å²) in [6, 6.07) is 3.81. The molecule has 5 heteroatoms. The summed E-state index contributed by atoms with van der Waals surface area (Å²) < 4.78 is 18.3. The smallest absolute Gasteiger partial charge is 0.225 e. The quantitative estimate of drug-likeness (QED) is 0.794. The number of amides is 1. The molecular formula is C15H18FNO3. The molecule has 1 fully saturated rings. The molecule has 1 unspecified atom stereocenters. The monoisotopic (exact) mass is 279 g/mol. The first-order valence-corrected chi connectivity index (χ1v) is 6.68.